The third-order valence-electron chi connectivity index (χ3n) is 1.39. The predicted octanol–water partition coefficient (Wildman–Crippen LogP) is -0.510. The lowest BCUT2D eigenvalue weighted by atomic mass is 10.4. The summed E-state index contributed by atoms with van der Waals surface area (Å²) in [5.41, 5.74) is 0. The molecule has 0 bridgehead atoms. The number of carbonyl (C=O) groups excluding carboxylic acids is 2. The highest BCUT2D eigenvalue weighted by Crippen LogP contribution is 1.81. The first-order chi connectivity index (χ1) is 7.56. The number of carboxylic acid groups (broad SMARTS) is 1. The molecule has 0 radical (unpaired) electrons. The molecule has 7 nitrogen and oxygen atoms in total. The van der Waals surface area contributed by atoms with Crippen molar-refractivity contribution in [2.45, 2.75) is 6.42 Å². The van der Waals surface area contributed by atoms with Crippen LogP contribution in [-0.2, 0) is 14.3 Å². The summed E-state index contributed by atoms with van der Waals surface area (Å²) in [6.07, 6.45) is 0.765. The lowest BCUT2D eigenvalue weighted by Crippen LogP contribution is -2.33. The van der Waals surface area contributed by atoms with Crippen molar-refractivity contribution < 1.29 is 24.2 Å². The molecule has 0 heterocycles. The number of hydrogen-bond donors (Lipinski definition) is 3. The van der Waals surface area contributed by atoms with E-state index >= 15 is 0 Å². The summed E-state index contributed by atoms with van der Waals surface area (Å²) in [6, 6.07) is 0. The summed E-state index contributed by atoms with van der Waals surface area (Å²) in [7, 11) is 0. The monoisotopic (exact) mass is 230 g/mol. The van der Waals surface area contributed by atoms with Gasteiger partial charge in [-0.2, -0.15) is 0 Å². The maximum atomic E-state index is 11.0. The molecule has 0 aromatic heterocycles. The van der Waals surface area contributed by atoms with Crippen LogP contribution in [0.5, 0.6) is 0 Å². The second kappa shape index (κ2) is 8.27. The zero-order valence-electron chi connectivity index (χ0n) is 8.69. The summed E-state index contributed by atoms with van der Waals surface area (Å²) in [4.78, 5) is 31.9. The smallest absolute Gasteiger partial charge is 0.407 e. The zero-order valence-corrected chi connectivity index (χ0v) is 8.69. The standard InChI is InChI=1S/C9H14N2O5/c1-2-5-16-9(15)10-4-3-7(12)11-6-8(13)14/h2H,1,3-6H2,(H,10,15)(H,11,12)(H,13,14). The Labute approximate surface area is 92.5 Å². The van der Waals surface area contributed by atoms with Gasteiger partial charge in [0.05, 0.1) is 0 Å². The van der Waals surface area contributed by atoms with Crippen LogP contribution in [-0.4, -0.2) is 42.8 Å². The van der Waals surface area contributed by atoms with Crippen molar-refractivity contribution in [3.8, 4) is 0 Å². The third-order valence-corrected chi connectivity index (χ3v) is 1.39. The molecule has 0 rings (SSSR count). The first-order valence-electron chi connectivity index (χ1n) is 4.56. The number of amides is 2. The first kappa shape index (κ1) is 13.9. The topological polar surface area (TPSA) is 105 Å². The molecule has 0 unspecified atom stereocenters. The van der Waals surface area contributed by atoms with E-state index in [1.807, 2.05) is 0 Å². The van der Waals surface area contributed by atoms with Crippen LogP contribution in [0.15, 0.2) is 12.7 Å². The number of hydrogen-bond acceptors (Lipinski definition) is 4. The van der Waals surface area contributed by atoms with Gasteiger partial charge in [-0.25, -0.2) is 4.79 Å². The van der Waals surface area contributed by atoms with Crippen molar-refractivity contribution in [3.05, 3.63) is 12.7 Å². The Balaban J connectivity index is 3.50. The molecule has 0 aliphatic heterocycles. The predicted molar refractivity (Wildman–Crippen MR) is 54.8 cm³/mol. The van der Waals surface area contributed by atoms with Crippen LogP contribution >= 0.6 is 0 Å². The average Bonchev–Trinajstić information content (AvgIpc) is 2.23. The van der Waals surface area contributed by atoms with E-state index in [9.17, 15) is 14.4 Å². The highest BCUT2D eigenvalue weighted by molar-refractivity contribution is 5.81. The van der Waals surface area contributed by atoms with Gasteiger partial charge in [-0.1, -0.05) is 12.7 Å². The van der Waals surface area contributed by atoms with Crippen LogP contribution in [0, 0.1) is 0 Å². The Morgan fingerprint density at radius 3 is 2.56 bits per heavy atom. The van der Waals surface area contributed by atoms with Crippen molar-refractivity contribution in [3.63, 3.8) is 0 Å². The molecular formula is C9H14N2O5. The van der Waals surface area contributed by atoms with E-state index in [0.717, 1.165) is 0 Å². The van der Waals surface area contributed by atoms with Crippen molar-refractivity contribution in [1.82, 2.24) is 10.6 Å². The van der Waals surface area contributed by atoms with Crippen LogP contribution in [0.3, 0.4) is 0 Å². The molecule has 2 amide bonds. The third kappa shape index (κ3) is 8.54. The quantitative estimate of drug-likeness (QED) is 0.511. The highest BCUT2D eigenvalue weighted by Gasteiger charge is 2.05. The molecule has 0 spiro atoms. The van der Waals surface area contributed by atoms with E-state index in [1.54, 1.807) is 0 Å². The fourth-order valence-corrected chi connectivity index (χ4v) is 0.726. The maximum absolute atomic E-state index is 11.0. The minimum atomic E-state index is -1.12. The van der Waals surface area contributed by atoms with Crippen LogP contribution in [0.2, 0.25) is 0 Å². The van der Waals surface area contributed by atoms with Gasteiger partial charge >= 0.3 is 12.1 Å². The SMILES string of the molecule is C=CCOC(=O)NCCC(=O)NCC(=O)O. The molecule has 0 saturated carbocycles. The fraction of sp³-hybridized carbons (Fsp3) is 0.444. The Bertz CT molecular complexity index is 277. The number of aliphatic carboxylic acids is 1. The van der Waals surface area contributed by atoms with Crippen LogP contribution in [0.4, 0.5) is 4.79 Å². The highest BCUT2D eigenvalue weighted by atomic mass is 16.5. The molecule has 0 saturated heterocycles. The number of alkyl carbamates (subject to hydrolysis) is 1. The van der Waals surface area contributed by atoms with Crippen LogP contribution in [0.1, 0.15) is 6.42 Å². The molecule has 0 aromatic carbocycles. The van der Waals surface area contributed by atoms with Crippen molar-refractivity contribution in [2.75, 3.05) is 19.7 Å². The first-order valence-corrected chi connectivity index (χ1v) is 4.56. The number of rotatable bonds is 7. The second-order valence-electron chi connectivity index (χ2n) is 2.73. The molecule has 7 heteroatoms. The van der Waals surface area contributed by atoms with E-state index in [2.05, 4.69) is 21.9 Å². The Morgan fingerprint density at radius 1 is 1.31 bits per heavy atom. The molecule has 90 valence electrons. The van der Waals surface area contributed by atoms with E-state index in [4.69, 9.17) is 5.11 Å². The van der Waals surface area contributed by atoms with Gasteiger partial charge in [-0.3, -0.25) is 9.59 Å². The maximum Gasteiger partial charge on any atom is 0.407 e. The molecule has 16 heavy (non-hydrogen) atoms. The lowest BCUT2D eigenvalue weighted by molar-refractivity contribution is -0.137. The fourth-order valence-electron chi connectivity index (χ4n) is 0.726. The van der Waals surface area contributed by atoms with E-state index in [1.165, 1.54) is 6.08 Å². The van der Waals surface area contributed by atoms with Gasteiger partial charge in [-0.05, 0) is 0 Å². The van der Waals surface area contributed by atoms with E-state index in [0.29, 0.717) is 0 Å². The van der Waals surface area contributed by atoms with Gasteiger partial charge in [0.15, 0.2) is 0 Å². The molecule has 0 aliphatic carbocycles. The zero-order chi connectivity index (χ0) is 12.4. The van der Waals surface area contributed by atoms with Crippen LogP contribution in [0.25, 0.3) is 0 Å². The van der Waals surface area contributed by atoms with Crippen molar-refractivity contribution >= 4 is 18.0 Å². The molecule has 0 aromatic rings. The Kier molecular flexibility index (Phi) is 7.21. The molecule has 3 N–H and O–H groups in total. The number of carbonyl (C=O) groups is 3. The minimum Gasteiger partial charge on any atom is -0.480 e. The van der Waals surface area contributed by atoms with Crippen LogP contribution < -0.4 is 10.6 Å². The molecular weight excluding hydrogens is 216 g/mol. The molecule has 0 aliphatic rings. The van der Waals surface area contributed by atoms with Gasteiger partial charge in [0.1, 0.15) is 13.2 Å². The van der Waals surface area contributed by atoms with Crippen molar-refractivity contribution in [2.24, 2.45) is 0 Å². The van der Waals surface area contributed by atoms with Gasteiger partial charge in [-0.15, -0.1) is 0 Å². The normalized spacial score (nSPS) is 9.00. The number of nitrogens with one attached hydrogen (secondary N) is 2. The summed E-state index contributed by atoms with van der Waals surface area (Å²) < 4.78 is 4.58. The second-order valence-corrected chi connectivity index (χ2v) is 2.73. The number of carboxylic acids is 1. The molecule has 0 atom stereocenters. The summed E-state index contributed by atoms with van der Waals surface area (Å²) in [5, 5.41) is 12.7. The lowest BCUT2D eigenvalue weighted by Gasteiger charge is -2.05. The summed E-state index contributed by atoms with van der Waals surface area (Å²) in [5.74, 6) is -1.57. The largest absolute Gasteiger partial charge is 0.480 e. The summed E-state index contributed by atoms with van der Waals surface area (Å²) >= 11 is 0. The van der Waals surface area contributed by atoms with E-state index in [-0.39, 0.29) is 19.6 Å². The van der Waals surface area contributed by atoms with Gasteiger partial charge < -0.3 is 20.5 Å². The molecule has 0 fully saturated rings. The summed E-state index contributed by atoms with van der Waals surface area (Å²) in [6.45, 7) is 3.11. The van der Waals surface area contributed by atoms with Gasteiger partial charge in [0.25, 0.3) is 0 Å². The Morgan fingerprint density at radius 2 is 2.00 bits per heavy atom. The number of ether oxygens (including phenoxy) is 1. The average molecular weight is 230 g/mol. The Hall–Kier alpha value is -2.05. The van der Waals surface area contributed by atoms with Gasteiger partial charge in [0.2, 0.25) is 5.91 Å². The van der Waals surface area contributed by atoms with Gasteiger partial charge in [0, 0.05) is 13.0 Å². The van der Waals surface area contributed by atoms with E-state index < -0.39 is 24.5 Å². The minimum absolute atomic E-state index is 0.00350. The van der Waals surface area contributed by atoms with Crippen molar-refractivity contribution in [1.29, 1.82) is 0 Å².